The van der Waals surface area contributed by atoms with E-state index in [0.29, 0.717) is 33.9 Å². The summed E-state index contributed by atoms with van der Waals surface area (Å²) < 4.78 is 0. The molecule has 2 heterocycles. The first-order valence-corrected chi connectivity index (χ1v) is 8.49. The van der Waals surface area contributed by atoms with Crippen molar-refractivity contribution in [2.75, 3.05) is 25.1 Å². The molecule has 0 spiro atoms. The summed E-state index contributed by atoms with van der Waals surface area (Å²) in [6, 6.07) is 5.33. The molecule has 0 atom stereocenters. The van der Waals surface area contributed by atoms with Crippen molar-refractivity contribution in [2.45, 2.75) is 6.54 Å². The lowest BCUT2D eigenvalue weighted by atomic mass is 10.1. The molecule has 5 nitrogen and oxygen atoms in total. The SMILES string of the molecule is CNCc1sc2nc(NC)nc(-c3ccc(Cl)cc3Cl)c2c1N. The van der Waals surface area contributed by atoms with Gasteiger partial charge in [-0.05, 0) is 25.2 Å². The van der Waals surface area contributed by atoms with E-state index in [9.17, 15) is 0 Å². The molecule has 8 heteroatoms. The summed E-state index contributed by atoms with van der Waals surface area (Å²) in [4.78, 5) is 10.9. The van der Waals surface area contributed by atoms with E-state index in [-0.39, 0.29) is 0 Å². The van der Waals surface area contributed by atoms with Crippen molar-refractivity contribution in [2.24, 2.45) is 0 Å². The van der Waals surface area contributed by atoms with Gasteiger partial charge in [0.1, 0.15) is 4.83 Å². The maximum absolute atomic E-state index is 6.37. The Kier molecular flexibility index (Phi) is 4.59. The summed E-state index contributed by atoms with van der Waals surface area (Å²) in [5.74, 6) is 0.524. The van der Waals surface area contributed by atoms with Gasteiger partial charge in [-0.3, -0.25) is 0 Å². The van der Waals surface area contributed by atoms with E-state index in [1.807, 2.05) is 13.1 Å². The van der Waals surface area contributed by atoms with E-state index in [4.69, 9.17) is 28.9 Å². The lowest BCUT2D eigenvalue weighted by molar-refractivity contribution is 0.833. The molecular weight excluding hydrogens is 353 g/mol. The van der Waals surface area contributed by atoms with Gasteiger partial charge >= 0.3 is 0 Å². The van der Waals surface area contributed by atoms with Crippen LogP contribution in [-0.2, 0) is 6.54 Å². The molecule has 0 unspecified atom stereocenters. The molecule has 4 N–H and O–H groups in total. The first kappa shape index (κ1) is 16.3. The van der Waals surface area contributed by atoms with Crippen LogP contribution in [0.25, 0.3) is 21.5 Å². The van der Waals surface area contributed by atoms with Crippen LogP contribution < -0.4 is 16.4 Å². The van der Waals surface area contributed by atoms with Crippen LogP contribution in [-0.4, -0.2) is 24.1 Å². The summed E-state index contributed by atoms with van der Waals surface area (Å²) in [6.07, 6.45) is 0. The molecule has 0 amide bonds. The van der Waals surface area contributed by atoms with Gasteiger partial charge in [-0.2, -0.15) is 0 Å². The fourth-order valence-corrected chi connectivity index (χ4v) is 3.95. The monoisotopic (exact) mass is 367 g/mol. The van der Waals surface area contributed by atoms with Crippen LogP contribution in [0.5, 0.6) is 0 Å². The highest BCUT2D eigenvalue weighted by atomic mass is 35.5. The van der Waals surface area contributed by atoms with E-state index >= 15 is 0 Å². The van der Waals surface area contributed by atoms with Crippen molar-refractivity contribution >= 4 is 56.4 Å². The first-order chi connectivity index (χ1) is 11.0. The fourth-order valence-electron chi connectivity index (χ4n) is 2.35. The topological polar surface area (TPSA) is 75.9 Å². The van der Waals surface area contributed by atoms with Gasteiger partial charge in [-0.25, -0.2) is 9.97 Å². The Morgan fingerprint density at radius 3 is 2.65 bits per heavy atom. The second-order valence-corrected chi connectivity index (χ2v) is 6.85. The Bertz CT molecular complexity index is 878. The van der Waals surface area contributed by atoms with Crippen LogP contribution in [0.4, 0.5) is 11.6 Å². The average molecular weight is 368 g/mol. The van der Waals surface area contributed by atoms with Crippen molar-refractivity contribution in [1.29, 1.82) is 0 Å². The van der Waals surface area contributed by atoms with Gasteiger partial charge in [0, 0.05) is 29.1 Å². The zero-order valence-corrected chi connectivity index (χ0v) is 14.9. The zero-order valence-electron chi connectivity index (χ0n) is 12.6. The Balaban J connectivity index is 2.33. The van der Waals surface area contributed by atoms with E-state index in [1.54, 1.807) is 30.5 Å². The predicted molar refractivity (Wildman–Crippen MR) is 99.6 cm³/mol. The van der Waals surface area contributed by atoms with Gasteiger partial charge < -0.3 is 16.4 Å². The number of nitrogen functional groups attached to an aromatic ring is 1. The summed E-state index contributed by atoms with van der Waals surface area (Å²) in [5.41, 5.74) is 8.50. The van der Waals surface area contributed by atoms with Crippen molar-refractivity contribution in [1.82, 2.24) is 15.3 Å². The molecule has 0 saturated heterocycles. The standard InChI is InChI=1S/C15H15Cl2N5S/c1-19-6-10-12(18)11-13(8-4-3-7(16)5-9(8)17)21-15(20-2)22-14(11)23-10/h3-5,19H,6,18H2,1-2H3,(H,20,21,22). The highest BCUT2D eigenvalue weighted by molar-refractivity contribution is 7.19. The first-order valence-electron chi connectivity index (χ1n) is 6.91. The Hall–Kier alpha value is -1.60. The number of aromatic nitrogens is 2. The molecule has 23 heavy (non-hydrogen) atoms. The zero-order chi connectivity index (χ0) is 16.6. The third-order valence-electron chi connectivity index (χ3n) is 3.41. The minimum absolute atomic E-state index is 0.524. The van der Waals surface area contributed by atoms with Gasteiger partial charge in [0.05, 0.1) is 21.8 Å². The Morgan fingerprint density at radius 2 is 2.00 bits per heavy atom. The smallest absolute Gasteiger partial charge is 0.224 e. The molecule has 2 aromatic heterocycles. The molecule has 1 aromatic carbocycles. The molecule has 0 bridgehead atoms. The van der Waals surface area contributed by atoms with Crippen LogP contribution in [0.15, 0.2) is 18.2 Å². The van der Waals surface area contributed by atoms with Crippen LogP contribution in [0, 0.1) is 0 Å². The number of fused-ring (bicyclic) bond motifs is 1. The number of hydrogen-bond donors (Lipinski definition) is 3. The number of thiophene rings is 1. The molecule has 0 aliphatic rings. The molecule has 3 rings (SSSR count). The molecule has 120 valence electrons. The Labute approximate surface area is 147 Å². The number of nitrogens with two attached hydrogens (primary N) is 1. The van der Waals surface area contributed by atoms with E-state index in [0.717, 1.165) is 20.7 Å². The van der Waals surface area contributed by atoms with Gasteiger partial charge in [-0.1, -0.05) is 23.2 Å². The van der Waals surface area contributed by atoms with Crippen molar-refractivity contribution in [3.8, 4) is 11.3 Å². The third-order valence-corrected chi connectivity index (χ3v) is 5.06. The number of anilines is 2. The number of hydrogen-bond acceptors (Lipinski definition) is 6. The van der Waals surface area contributed by atoms with Crippen molar-refractivity contribution in [3.63, 3.8) is 0 Å². The summed E-state index contributed by atoms with van der Waals surface area (Å²) in [6.45, 7) is 0.676. The lowest BCUT2D eigenvalue weighted by Gasteiger charge is -2.09. The number of nitrogens with zero attached hydrogens (tertiary/aromatic N) is 2. The molecule has 0 radical (unpaired) electrons. The van der Waals surface area contributed by atoms with Crippen molar-refractivity contribution in [3.05, 3.63) is 33.1 Å². The van der Waals surface area contributed by atoms with Gasteiger partial charge in [-0.15, -0.1) is 11.3 Å². The number of halogens is 2. The van der Waals surface area contributed by atoms with Gasteiger partial charge in [0.2, 0.25) is 5.95 Å². The summed E-state index contributed by atoms with van der Waals surface area (Å²) >= 11 is 13.9. The largest absolute Gasteiger partial charge is 0.397 e. The highest BCUT2D eigenvalue weighted by Gasteiger charge is 2.19. The van der Waals surface area contributed by atoms with Crippen LogP contribution >= 0.6 is 34.5 Å². The van der Waals surface area contributed by atoms with Crippen LogP contribution in [0.2, 0.25) is 10.0 Å². The Morgan fingerprint density at radius 1 is 1.22 bits per heavy atom. The number of nitrogens with one attached hydrogen (secondary N) is 2. The van der Waals surface area contributed by atoms with E-state index in [1.165, 1.54) is 0 Å². The van der Waals surface area contributed by atoms with E-state index in [2.05, 4.69) is 20.6 Å². The molecule has 0 aliphatic heterocycles. The predicted octanol–water partition coefficient (Wildman–Crippen LogP) is 4.01. The second-order valence-electron chi connectivity index (χ2n) is 4.92. The molecule has 3 aromatic rings. The quantitative estimate of drug-likeness (QED) is 0.649. The van der Waals surface area contributed by atoms with E-state index < -0.39 is 0 Å². The summed E-state index contributed by atoms with van der Waals surface area (Å²) in [5, 5.41) is 8.02. The van der Waals surface area contributed by atoms with Gasteiger partial charge in [0.15, 0.2) is 0 Å². The number of benzene rings is 1. The molecule has 0 saturated carbocycles. The molecule has 0 fully saturated rings. The summed E-state index contributed by atoms with van der Waals surface area (Å²) in [7, 11) is 3.66. The van der Waals surface area contributed by atoms with Gasteiger partial charge in [0.25, 0.3) is 0 Å². The molecule has 0 aliphatic carbocycles. The maximum Gasteiger partial charge on any atom is 0.224 e. The van der Waals surface area contributed by atoms with Crippen LogP contribution in [0.1, 0.15) is 4.88 Å². The third kappa shape index (κ3) is 2.95. The highest BCUT2D eigenvalue weighted by Crippen LogP contribution is 2.41. The normalized spacial score (nSPS) is 11.1. The maximum atomic E-state index is 6.37. The minimum Gasteiger partial charge on any atom is -0.397 e. The second kappa shape index (κ2) is 6.49. The minimum atomic E-state index is 0.524. The molecular formula is C15H15Cl2N5S. The number of rotatable bonds is 4. The van der Waals surface area contributed by atoms with Crippen LogP contribution in [0.3, 0.4) is 0 Å². The van der Waals surface area contributed by atoms with Crippen molar-refractivity contribution < 1.29 is 0 Å². The average Bonchev–Trinajstić information content (AvgIpc) is 2.83. The fraction of sp³-hybridized carbons (Fsp3) is 0.200. The lowest BCUT2D eigenvalue weighted by Crippen LogP contribution is -2.05.